The molecule has 130 valence electrons. The number of aryl methyl sites for hydroxylation is 1. The predicted molar refractivity (Wildman–Crippen MR) is 97.5 cm³/mol. The molecule has 0 saturated carbocycles. The van der Waals surface area contributed by atoms with Gasteiger partial charge in [-0.3, -0.25) is 4.79 Å². The Balaban J connectivity index is 1.73. The molecule has 1 unspecified atom stereocenters. The highest BCUT2D eigenvalue weighted by atomic mass is 32.1. The number of nitriles is 1. The molecule has 0 spiro atoms. The van der Waals surface area contributed by atoms with E-state index in [0.29, 0.717) is 5.92 Å². The number of carbonyl (C=O) groups excluding carboxylic acids is 1. The van der Waals surface area contributed by atoms with Gasteiger partial charge in [0.2, 0.25) is 0 Å². The van der Waals surface area contributed by atoms with Gasteiger partial charge < -0.3 is 10.2 Å². The summed E-state index contributed by atoms with van der Waals surface area (Å²) >= 11 is 1.63. The Kier molecular flexibility index (Phi) is 5.57. The van der Waals surface area contributed by atoms with Crippen molar-refractivity contribution in [2.75, 3.05) is 18.4 Å². The molecular formula is C19H28N3OS+. The summed E-state index contributed by atoms with van der Waals surface area (Å²) in [5, 5.41) is 13.5. The molecule has 0 radical (unpaired) electrons. The fraction of sp³-hybridized carbons (Fsp3) is 0.684. The molecule has 2 N–H and O–H groups in total. The number of fused-ring (bicyclic) bond motifs is 1. The molecule has 1 aliphatic heterocycles. The van der Waals surface area contributed by atoms with Crippen molar-refractivity contribution in [1.29, 1.82) is 5.26 Å². The van der Waals surface area contributed by atoms with E-state index in [-0.39, 0.29) is 11.9 Å². The summed E-state index contributed by atoms with van der Waals surface area (Å²) in [5.74, 6) is 0.753. The average Bonchev–Trinajstić information content (AvgIpc) is 2.74. The van der Waals surface area contributed by atoms with Crippen LogP contribution in [0.5, 0.6) is 0 Å². The minimum absolute atomic E-state index is 0.0544. The summed E-state index contributed by atoms with van der Waals surface area (Å²) in [6.07, 6.45) is 8.08. The van der Waals surface area contributed by atoms with E-state index < -0.39 is 0 Å². The van der Waals surface area contributed by atoms with Gasteiger partial charge in [0.15, 0.2) is 6.04 Å². The maximum Gasteiger partial charge on any atom is 0.283 e. The maximum atomic E-state index is 12.7. The zero-order chi connectivity index (χ0) is 17.1. The van der Waals surface area contributed by atoms with Gasteiger partial charge in [-0.05, 0) is 51.0 Å². The van der Waals surface area contributed by atoms with Crippen molar-refractivity contribution < 1.29 is 9.69 Å². The lowest BCUT2D eigenvalue weighted by Crippen LogP contribution is -3.17. The van der Waals surface area contributed by atoms with E-state index in [0.717, 1.165) is 42.9 Å². The van der Waals surface area contributed by atoms with E-state index in [1.165, 1.54) is 41.0 Å². The molecule has 1 aromatic heterocycles. The Morgan fingerprint density at radius 2 is 2.12 bits per heavy atom. The zero-order valence-corrected chi connectivity index (χ0v) is 15.6. The van der Waals surface area contributed by atoms with E-state index in [4.69, 9.17) is 0 Å². The molecule has 1 fully saturated rings. The van der Waals surface area contributed by atoms with Gasteiger partial charge in [0.25, 0.3) is 5.91 Å². The average molecular weight is 347 g/mol. The van der Waals surface area contributed by atoms with Crippen LogP contribution in [0.4, 0.5) is 5.00 Å². The number of hydrogen-bond acceptors (Lipinski definition) is 3. The highest BCUT2D eigenvalue weighted by Gasteiger charge is 2.30. The Morgan fingerprint density at radius 1 is 1.33 bits per heavy atom. The van der Waals surface area contributed by atoms with Crippen molar-refractivity contribution in [3.8, 4) is 6.07 Å². The lowest BCUT2D eigenvalue weighted by molar-refractivity contribution is -0.922. The van der Waals surface area contributed by atoms with Gasteiger partial charge >= 0.3 is 0 Å². The van der Waals surface area contributed by atoms with Crippen molar-refractivity contribution in [2.24, 2.45) is 5.92 Å². The normalized spacial score (nSPS) is 25.2. The van der Waals surface area contributed by atoms with Gasteiger partial charge in [0.1, 0.15) is 11.1 Å². The van der Waals surface area contributed by atoms with Crippen LogP contribution in [0, 0.1) is 17.2 Å². The summed E-state index contributed by atoms with van der Waals surface area (Å²) < 4.78 is 0. The van der Waals surface area contributed by atoms with Gasteiger partial charge in [-0.15, -0.1) is 11.3 Å². The number of carbonyl (C=O) groups is 1. The molecule has 1 amide bonds. The molecule has 2 aliphatic rings. The van der Waals surface area contributed by atoms with Crippen molar-refractivity contribution in [3.63, 3.8) is 0 Å². The molecule has 0 aromatic carbocycles. The highest BCUT2D eigenvalue weighted by Crippen LogP contribution is 2.36. The third-order valence-corrected chi connectivity index (χ3v) is 6.79. The quantitative estimate of drug-likeness (QED) is 0.827. The molecule has 24 heavy (non-hydrogen) atoms. The van der Waals surface area contributed by atoms with E-state index in [9.17, 15) is 10.1 Å². The predicted octanol–water partition coefficient (Wildman–Crippen LogP) is 2.53. The Bertz CT molecular complexity index is 646. The fourth-order valence-corrected chi connectivity index (χ4v) is 5.32. The molecule has 3 atom stereocenters. The van der Waals surface area contributed by atoms with Gasteiger partial charge in [-0.25, -0.2) is 0 Å². The second-order valence-electron chi connectivity index (χ2n) is 7.45. The van der Waals surface area contributed by atoms with E-state index in [2.05, 4.69) is 18.3 Å². The molecule has 1 saturated heterocycles. The van der Waals surface area contributed by atoms with Crippen molar-refractivity contribution >= 4 is 22.2 Å². The summed E-state index contributed by atoms with van der Waals surface area (Å²) in [6, 6.07) is 2.30. The van der Waals surface area contributed by atoms with E-state index >= 15 is 0 Å². The monoisotopic (exact) mass is 346 g/mol. The third-order valence-electron chi connectivity index (χ3n) is 5.58. The molecule has 3 rings (SSSR count). The summed E-state index contributed by atoms with van der Waals surface area (Å²) in [4.78, 5) is 15.4. The molecule has 2 heterocycles. The number of rotatable bonds is 3. The van der Waals surface area contributed by atoms with Crippen LogP contribution in [0.3, 0.4) is 0 Å². The second kappa shape index (κ2) is 7.67. The van der Waals surface area contributed by atoms with Crippen molar-refractivity contribution in [3.05, 3.63) is 16.0 Å². The van der Waals surface area contributed by atoms with E-state index in [1.807, 2.05) is 6.92 Å². The zero-order valence-electron chi connectivity index (χ0n) is 14.8. The number of anilines is 1. The first-order valence-corrected chi connectivity index (χ1v) is 10.1. The Labute approximate surface area is 148 Å². The van der Waals surface area contributed by atoms with Gasteiger partial charge in [-0.1, -0.05) is 13.3 Å². The highest BCUT2D eigenvalue weighted by molar-refractivity contribution is 7.16. The van der Waals surface area contributed by atoms with Crippen molar-refractivity contribution in [1.82, 2.24) is 0 Å². The van der Waals surface area contributed by atoms with E-state index in [1.54, 1.807) is 11.3 Å². The SMILES string of the molecule is C[C@@H]1CCC[NH+]([C@@H](C)C(=O)Nc2sc3c(c2C#N)CCCCC3)C1. The van der Waals surface area contributed by atoms with Crippen molar-refractivity contribution in [2.45, 2.75) is 64.8 Å². The summed E-state index contributed by atoms with van der Waals surface area (Å²) in [5.41, 5.74) is 1.92. The maximum absolute atomic E-state index is 12.7. The minimum Gasteiger partial charge on any atom is -0.325 e. The van der Waals surface area contributed by atoms with Crippen LogP contribution >= 0.6 is 11.3 Å². The number of thiophene rings is 1. The second-order valence-corrected chi connectivity index (χ2v) is 8.56. The fourth-order valence-electron chi connectivity index (χ4n) is 4.08. The van der Waals surface area contributed by atoms with Gasteiger partial charge in [0, 0.05) is 10.8 Å². The minimum atomic E-state index is -0.0544. The van der Waals surface area contributed by atoms with Crippen LogP contribution in [0.1, 0.15) is 62.0 Å². The van der Waals surface area contributed by atoms with Gasteiger partial charge in [0.05, 0.1) is 18.7 Å². The van der Waals surface area contributed by atoms with Crippen LogP contribution in [0.15, 0.2) is 0 Å². The molecule has 1 aliphatic carbocycles. The largest absolute Gasteiger partial charge is 0.325 e. The molecule has 5 heteroatoms. The number of nitrogens with one attached hydrogen (secondary N) is 2. The van der Waals surface area contributed by atoms with Crippen LogP contribution in [-0.4, -0.2) is 25.0 Å². The first kappa shape index (κ1) is 17.4. The molecule has 0 bridgehead atoms. The first-order valence-electron chi connectivity index (χ1n) is 9.30. The summed E-state index contributed by atoms with van der Waals surface area (Å²) in [7, 11) is 0. The molecule has 4 nitrogen and oxygen atoms in total. The van der Waals surface area contributed by atoms with Crippen LogP contribution < -0.4 is 10.2 Å². The lowest BCUT2D eigenvalue weighted by atomic mass is 9.99. The Hall–Kier alpha value is -1.38. The smallest absolute Gasteiger partial charge is 0.283 e. The van der Waals surface area contributed by atoms with Crippen LogP contribution in [0.25, 0.3) is 0 Å². The number of likely N-dealkylation sites (tertiary alicyclic amines) is 1. The standard InChI is InChI=1S/C19H27N3OS/c1-13-7-6-10-22(12-13)14(2)18(23)21-19-16(11-20)15-8-4-3-5-9-17(15)24-19/h13-14H,3-10,12H2,1-2H3,(H,21,23)/p+1/t13-,14+/m1/s1. The number of amides is 1. The summed E-state index contributed by atoms with van der Waals surface area (Å²) in [6.45, 7) is 6.44. The van der Waals surface area contributed by atoms with Crippen LogP contribution in [0.2, 0.25) is 0 Å². The molecule has 1 aromatic rings. The first-order chi connectivity index (χ1) is 11.6. The number of quaternary nitrogens is 1. The third kappa shape index (κ3) is 3.65. The van der Waals surface area contributed by atoms with Gasteiger partial charge in [-0.2, -0.15) is 5.26 Å². The Morgan fingerprint density at radius 3 is 2.88 bits per heavy atom. The number of hydrogen-bond donors (Lipinski definition) is 2. The topological polar surface area (TPSA) is 57.3 Å². The molecular weight excluding hydrogens is 318 g/mol. The van der Waals surface area contributed by atoms with Crippen LogP contribution in [-0.2, 0) is 17.6 Å². The number of nitrogens with zero attached hydrogens (tertiary/aromatic N) is 1. The lowest BCUT2D eigenvalue weighted by Gasteiger charge is -2.31. The number of piperidine rings is 1.